The number of ether oxygens (including phenoxy) is 1. The maximum Gasteiger partial charge on any atom is 0.253 e. The van der Waals surface area contributed by atoms with Crippen LogP contribution >= 0.6 is 0 Å². The first-order valence-corrected chi connectivity index (χ1v) is 10.6. The van der Waals surface area contributed by atoms with Crippen LogP contribution < -0.4 is 5.32 Å². The number of likely N-dealkylation sites (tertiary alicyclic amines) is 1. The maximum absolute atomic E-state index is 13.1. The van der Waals surface area contributed by atoms with Gasteiger partial charge in [-0.05, 0) is 63.6 Å². The van der Waals surface area contributed by atoms with Crippen LogP contribution in [0.3, 0.4) is 0 Å². The lowest BCUT2D eigenvalue weighted by Crippen LogP contribution is -2.52. The zero-order valence-electron chi connectivity index (χ0n) is 17.3. The Morgan fingerprint density at radius 2 is 2.14 bits per heavy atom. The predicted molar refractivity (Wildman–Crippen MR) is 111 cm³/mol. The molecule has 2 aliphatic rings. The molecule has 0 bridgehead atoms. The van der Waals surface area contributed by atoms with E-state index in [-0.39, 0.29) is 11.8 Å². The number of H-pyrrole nitrogens is 1. The molecule has 2 saturated heterocycles. The molecule has 1 aromatic heterocycles. The molecule has 0 radical (unpaired) electrons. The summed E-state index contributed by atoms with van der Waals surface area (Å²) in [5.41, 5.74) is 1.80. The smallest absolute Gasteiger partial charge is 0.253 e. The zero-order valence-corrected chi connectivity index (χ0v) is 17.3. The molecule has 2 amide bonds. The molecule has 7 nitrogen and oxygen atoms in total. The van der Waals surface area contributed by atoms with E-state index in [0.29, 0.717) is 31.1 Å². The van der Waals surface area contributed by atoms with Crippen molar-refractivity contribution in [1.82, 2.24) is 20.2 Å². The number of imidazole rings is 1. The number of carbonyl (C=O) groups is 2. The van der Waals surface area contributed by atoms with Crippen LogP contribution in [0.25, 0.3) is 11.0 Å². The number of piperidine rings is 1. The Labute approximate surface area is 171 Å². The summed E-state index contributed by atoms with van der Waals surface area (Å²) in [6, 6.07) is 5.55. The lowest BCUT2D eigenvalue weighted by Gasteiger charge is -2.39. The summed E-state index contributed by atoms with van der Waals surface area (Å²) in [5.74, 6) is 1.35. The van der Waals surface area contributed by atoms with Crippen LogP contribution in [0.2, 0.25) is 0 Å². The lowest BCUT2D eigenvalue weighted by atomic mass is 9.80. The van der Waals surface area contributed by atoms with E-state index in [9.17, 15) is 9.59 Å². The van der Waals surface area contributed by atoms with Crippen molar-refractivity contribution in [2.24, 2.45) is 11.3 Å². The minimum Gasteiger partial charge on any atom is -0.381 e. The van der Waals surface area contributed by atoms with E-state index in [1.54, 1.807) is 0 Å². The van der Waals surface area contributed by atoms with Gasteiger partial charge in [-0.15, -0.1) is 0 Å². The Balaban J connectivity index is 1.41. The predicted octanol–water partition coefficient (Wildman–Crippen LogP) is 2.66. The van der Waals surface area contributed by atoms with Crippen LogP contribution in [0.1, 0.15) is 48.8 Å². The minimum atomic E-state index is -0.548. The normalized spacial score (nSPS) is 23.3. The van der Waals surface area contributed by atoms with Gasteiger partial charge < -0.3 is 19.9 Å². The monoisotopic (exact) mass is 398 g/mol. The molecule has 0 spiro atoms. The standard InChI is InChI=1S/C22H30N4O3/c1-15-24-18-5-4-17(12-19(18)25-15)20(27)26-9-3-8-22(2,14-26)21(28)23-13-16-6-10-29-11-7-16/h4-5,12,16H,3,6-11,13-14H2,1-2H3,(H,23,28)(H,24,25)/t22-/m1/s1. The number of nitrogens with zero attached hydrogens (tertiary/aromatic N) is 2. The van der Waals surface area contributed by atoms with Crippen molar-refractivity contribution in [2.75, 3.05) is 32.8 Å². The highest BCUT2D eigenvalue weighted by Gasteiger charge is 2.39. The van der Waals surface area contributed by atoms with Gasteiger partial charge in [0.05, 0.1) is 16.4 Å². The molecule has 2 N–H and O–H groups in total. The SMILES string of the molecule is Cc1nc2ccc(C(=O)N3CCC[C@@](C)(C(=O)NCC4CCOCC4)C3)cc2[nH]1. The maximum atomic E-state index is 13.1. The lowest BCUT2D eigenvalue weighted by molar-refractivity contribution is -0.133. The Morgan fingerprint density at radius 3 is 2.93 bits per heavy atom. The van der Waals surface area contributed by atoms with Gasteiger partial charge >= 0.3 is 0 Å². The third-order valence-electron chi connectivity index (χ3n) is 6.27. The molecule has 2 aliphatic heterocycles. The molecule has 0 unspecified atom stereocenters. The van der Waals surface area contributed by atoms with Crippen molar-refractivity contribution in [1.29, 1.82) is 0 Å². The van der Waals surface area contributed by atoms with Gasteiger partial charge in [-0.1, -0.05) is 0 Å². The van der Waals surface area contributed by atoms with Crippen molar-refractivity contribution in [3.05, 3.63) is 29.6 Å². The number of aryl methyl sites for hydroxylation is 1. The Kier molecular flexibility index (Phi) is 5.58. The van der Waals surface area contributed by atoms with Crippen molar-refractivity contribution in [2.45, 2.75) is 39.5 Å². The van der Waals surface area contributed by atoms with E-state index in [0.717, 1.165) is 55.8 Å². The fourth-order valence-electron chi connectivity index (χ4n) is 4.45. The fourth-order valence-corrected chi connectivity index (χ4v) is 4.45. The average molecular weight is 399 g/mol. The molecule has 2 fully saturated rings. The van der Waals surface area contributed by atoms with Gasteiger partial charge in [-0.3, -0.25) is 9.59 Å². The van der Waals surface area contributed by atoms with E-state index in [2.05, 4.69) is 15.3 Å². The number of amides is 2. The van der Waals surface area contributed by atoms with Gasteiger partial charge in [0, 0.05) is 38.4 Å². The third-order valence-corrected chi connectivity index (χ3v) is 6.27. The molecule has 156 valence electrons. The van der Waals surface area contributed by atoms with E-state index in [4.69, 9.17) is 4.74 Å². The van der Waals surface area contributed by atoms with Crippen LogP contribution in [0.15, 0.2) is 18.2 Å². The Hall–Kier alpha value is -2.41. The van der Waals surface area contributed by atoms with E-state index >= 15 is 0 Å². The van der Waals surface area contributed by atoms with Gasteiger partial charge in [0.25, 0.3) is 5.91 Å². The van der Waals surface area contributed by atoms with Crippen molar-refractivity contribution in [3.63, 3.8) is 0 Å². The number of carbonyl (C=O) groups excluding carboxylic acids is 2. The molecule has 0 saturated carbocycles. The number of benzene rings is 1. The van der Waals surface area contributed by atoms with Crippen LogP contribution in [-0.2, 0) is 9.53 Å². The Bertz CT molecular complexity index is 903. The van der Waals surface area contributed by atoms with E-state index in [1.807, 2.05) is 36.9 Å². The summed E-state index contributed by atoms with van der Waals surface area (Å²) in [7, 11) is 0. The second-order valence-electron chi connectivity index (χ2n) is 8.71. The molecule has 4 rings (SSSR count). The number of aromatic amines is 1. The molecule has 2 aromatic rings. The molecule has 0 aliphatic carbocycles. The van der Waals surface area contributed by atoms with Crippen LogP contribution in [0, 0.1) is 18.3 Å². The second-order valence-corrected chi connectivity index (χ2v) is 8.71. The molecule has 1 aromatic carbocycles. The van der Waals surface area contributed by atoms with E-state index in [1.165, 1.54) is 0 Å². The summed E-state index contributed by atoms with van der Waals surface area (Å²) in [5, 5.41) is 3.14. The highest BCUT2D eigenvalue weighted by Crippen LogP contribution is 2.31. The van der Waals surface area contributed by atoms with Gasteiger partial charge in [0.2, 0.25) is 5.91 Å². The van der Waals surface area contributed by atoms with Crippen LogP contribution in [-0.4, -0.2) is 59.5 Å². The van der Waals surface area contributed by atoms with Gasteiger partial charge in [-0.2, -0.15) is 0 Å². The summed E-state index contributed by atoms with van der Waals surface area (Å²) < 4.78 is 5.39. The van der Waals surface area contributed by atoms with Gasteiger partial charge in [0.1, 0.15) is 5.82 Å². The second kappa shape index (κ2) is 8.14. The number of fused-ring (bicyclic) bond motifs is 1. The zero-order chi connectivity index (χ0) is 20.4. The molecule has 3 heterocycles. The van der Waals surface area contributed by atoms with E-state index < -0.39 is 5.41 Å². The van der Waals surface area contributed by atoms with Crippen molar-refractivity contribution < 1.29 is 14.3 Å². The highest BCUT2D eigenvalue weighted by molar-refractivity contribution is 5.98. The van der Waals surface area contributed by atoms with Crippen molar-refractivity contribution >= 4 is 22.8 Å². The first-order valence-electron chi connectivity index (χ1n) is 10.6. The summed E-state index contributed by atoms with van der Waals surface area (Å²) in [6.07, 6.45) is 3.63. The first kappa shape index (κ1) is 19.9. The van der Waals surface area contributed by atoms with Crippen molar-refractivity contribution in [3.8, 4) is 0 Å². The quantitative estimate of drug-likeness (QED) is 0.829. The third kappa shape index (κ3) is 4.29. The topological polar surface area (TPSA) is 87.3 Å². The van der Waals surface area contributed by atoms with Gasteiger partial charge in [-0.25, -0.2) is 4.98 Å². The summed E-state index contributed by atoms with van der Waals surface area (Å²) in [4.78, 5) is 35.5. The summed E-state index contributed by atoms with van der Waals surface area (Å²) >= 11 is 0. The molecule has 1 atom stereocenters. The number of aromatic nitrogens is 2. The molecular weight excluding hydrogens is 368 g/mol. The summed E-state index contributed by atoms with van der Waals surface area (Å²) in [6.45, 7) is 7.26. The Morgan fingerprint density at radius 1 is 1.34 bits per heavy atom. The molecular formula is C22H30N4O3. The molecule has 29 heavy (non-hydrogen) atoms. The number of rotatable bonds is 4. The van der Waals surface area contributed by atoms with Crippen LogP contribution in [0.5, 0.6) is 0 Å². The number of hydrogen-bond acceptors (Lipinski definition) is 4. The largest absolute Gasteiger partial charge is 0.381 e. The average Bonchev–Trinajstić information content (AvgIpc) is 3.11. The highest BCUT2D eigenvalue weighted by atomic mass is 16.5. The fraction of sp³-hybridized carbons (Fsp3) is 0.591. The first-order chi connectivity index (χ1) is 13.9. The number of nitrogens with one attached hydrogen (secondary N) is 2. The van der Waals surface area contributed by atoms with Crippen LogP contribution in [0.4, 0.5) is 0 Å². The van der Waals surface area contributed by atoms with Gasteiger partial charge in [0.15, 0.2) is 0 Å². The minimum absolute atomic E-state index is 0.0256. The number of hydrogen-bond donors (Lipinski definition) is 2. The molecule has 7 heteroatoms.